The van der Waals surface area contributed by atoms with Crippen molar-refractivity contribution in [3.63, 3.8) is 0 Å². The SMILES string of the molecule is C1=Cc2c(n(-c3nc(-c4cccc(-c5ccccc5)c4)nc(-c4ccc(-c5cccc6cccc(-c7ccccc7)c56)c5ccccc45)n3)c3ccccc23)CC1. The minimum atomic E-state index is 0.627. The molecular formula is C53H36N4. The minimum absolute atomic E-state index is 0.627. The number of allylic oxidation sites excluding steroid dienone is 1. The molecule has 0 aliphatic heterocycles. The van der Waals surface area contributed by atoms with Crippen LogP contribution in [-0.2, 0) is 6.42 Å². The molecule has 1 aliphatic rings. The van der Waals surface area contributed by atoms with E-state index in [1.165, 1.54) is 49.7 Å². The summed E-state index contributed by atoms with van der Waals surface area (Å²) in [5.74, 6) is 1.91. The Balaban J connectivity index is 1.15. The zero-order valence-corrected chi connectivity index (χ0v) is 31.2. The molecule has 0 amide bonds. The molecule has 0 saturated heterocycles. The minimum Gasteiger partial charge on any atom is -0.282 e. The molecular weight excluding hydrogens is 693 g/mol. The Bertz CT molecular complexity index is 3170. The molecule has 0 fully saturated rings. The van der Waals surface area contributed by atoms with Crippen LogP contribution < -0.4 is 0 Å². The molecule has 4 heteroatoms. The molecule has 4 nitrogen and oxygen atoms in total. The molecule has 0 unspecified atom stereocenters. The summed E-state index contributed by atoms with van der Waals surface area (Å²) >= 11 is 0. The smallest absolute Gasteiger partial charge is 0.238 e. The third-order valence-corrected chi connectivity index (χ3v) is 11.3. The maximum atomic E-state index is 5.38. The van der Waals surface area contributed by atoms with Crippen molar-refractivity contribution in [1.82, 2.24) is 19.5 Å². The lowest BCUT2D eigenvalue weighted by molar-refractivity contribution is 0.839. The van der Waals surface area contributed by atoms with Gasteiger partial charge in [-0.15, -0.1) is 0 Å². The Morgan fingerprint density at radius 2 is 1.04 bits per heavy atom. The molecule has 0 bridgehead atoms. The van der Waals surface area contributed by atoms with Crippen LogP contribution in [0.1, 0.15) is 17.7 Å². The monoisotopic (exact) mass is 728 g/mol. The Labute approximate surface area is 331 Å². The number of aromatic nitrogens is 4. The quantitative estimate of drug-likeness (QED) is 0.171. The van der Waals surface area contributed by atoms with Gasteiger partial charge < -0.3 is 0 Å². The average molecular weight is 729 g/mol. The fourth-order valence-corrected chi connectivity index (χ4v) is 8.74. The number of benzene rings is 8. The summed E-state index contributed by atoms with van der Waals surface area (Å²) in [6.45, 7) is 0. The van der Waals surface area contributed by atoms with Crippen molar-refractivity contribution in [2.45, 2.75) is 12.8 Å². The number of rotatable bonds is 6. The molecule has 0 spiro atoms. The Hall–Kier alpha value is -7.43. The Morgan fingerprint density at radius 3 is 1.84 bits per heavy atom. The molecule has 2 heterocycles. The summed E-state index contributed by atoms with van der Waals surface area (Å²) in [5, 5.41) is 5.90. The van der Waals surface area contributed by atoms with E-state index < -0.39 is 0 Å². The highest BCUT2D eigenvalue weighted by atomic mass is 15.2. The summed E-state index contributed by atoms with van der Waals surface area (Å²) in [7, 11) is 0. The van der Waals surface area contributed by atoms with Crippen LogP contribution in [0.2, 0.25) is 0 Å². The van der Waals surface area contributed by atoms with Gasteiger partial charge in [0.05, 0.1) is 5.52 Å². The van der Waals surface area contributed by atoms with Gasteiger partial charge in [0.1, 0.15) is 0 Å². The van der Waals surface area contributed by atoms with E-state index in [4.69, 9.17) is 15.0 Å². The maximum absolute atomic E-state index is 5.38. The van der Waals surface area contributed by atoms with Crippen LogP contribution in [0.25, 0.3) is 101 Å². The van der Waals surface area contributed by atoms with Crippen molar-refractivity contribution < 1.29 is 0 Å². The van der Waals surface area contributed by atoms with Gasteiger partial charge in [-0.25, -0.2) is 4.98 Å². The van der Waals surface area contributed by atoms with Crippen LogP contribution in [0.4, 0.5) is 0 Å². The predicted octanol–water partition coefficient (Wildman–Crippen LogP) is 13.4. The maximum Gasteiger partial charge on any atom is 0.238 e. The van der Waals surface area contributed by atoms with Crippen LogP contribution >= 0.6 is 0 Å². The Kier molecular flexibility index (Phi) is 7.92. The van der Waals surface area contributed by atoms with E-state index in [1.807, 2.05) is 6.07 Å². The molecule has 1 aliphatic carbocycles. The first-order valence-corrected chi connectivity index (χ1v) is 19.6. The summed E-state index contributed by atoms with van der Waals surface area (Å²) < 4.78 is 2.27. The second-order valence-electron chi connectivity index (χ2n) is 14.7. The van der Waals surface area contributed by atoms with Gasteiger partial charge in [0, 0.05) is 27.8 Å². The standard InChI is InChI=1S/C53H36N4/c1-3-16-35(17-4-1)38-22-13-23-39(34-38)51-54-52(56-53(55-51)57-48-30-11-9-26-44(48)45-27-10-12-31-49(45)57)47-33-32-43(41-24-7-8-25-42(41)47)46-29-15-21-37-20-14-28-40(50(37)46)36-18-5-2-6-19-36/h1-11,13-30,32-34H,12,31H2. The van der Waals surface area contributed by atoms with Gasteiger partial charge >= 0.3 is 0 Å². The van der Waals surface area contributed by atoms with Crippen LogP contribution in [0.3, 0.4) is 0 Å². The van der Waals surface area contributed by atoms with E-state index in [-0.39, 0.29) is 0 Å². The van der Waals surface area contributed by atoms with Crippen LogP contribution in [0.5, 0.6) is 0 Å². The molecule has 0 radical (unpaired) electrons. The number of hydrogen-bond acceptors (Lipinski definition) is 3. The van der Waals surface area contributed by atoms with Crippen LogP contribution in [0.15, 0.2) is 188 Å². The number of hydrogen-bond donors (Lipinski definition) is 0. The number of nitrogens with zero attached hydrogens (tertiary/aromatic N) is 4. The summed E-state index contributed by atoms with van der Waals surface area (Å²) in [5.41, 5.74) is 12.5. The van der Waals surface area contributed by atoms with E-state index in [2.05, 4.69) is 193 Å². The molecule has 57 heavy (non-hydrogen) atoms. The van der Waals surface area contributed by atoms with E-state index in [1.54, 1.807) is 0 Å². The van der Waals surface area contributed by atoms with Crippen molar-refractivity contribution >= 4 is 38.5 Å². The van der Waals surface area contributed by atoms with Crippen molar-refractivity contribution in [3.8, 4) is 62.1 Å². The lowest BCUT2D eigenvalue weighted by Gasteiger charge is -2.17. The van der Waals surface area contributed by atoms with Gasteiger partial charge in [-0.05, 0) is 86.0 Å². The molecule has 11 rings (SSSR count). The third kappa shape index (κ3) is 5.65. The summed E-state index contributed by atoms with van der Waals surface area (Å²) in [6.07, 6.45) is 6.41. The summed E-state index contributed by atoms with van der Waals surface area (Å²) in [6, 6.07) is 64.7. The zero-order chi connectivity index (χ0) is 37.7. The predicted molar refractivity (Wildman–Crippen MR) is 236 cm³/mol. The second kappa shape index (κ2) is 13.7. The zero-order valence-electron chi connectivity index (χ0n) is 31.2. The third-order valence-electron chi connectivity index (χ3n) is 11.3. The van der Waals surface area contributed by atoms with E-state index >= 15 is 0 Å². The topological polar surface area (TPSA) is 43.6 Å². The fraction of sp³-hybridized carbons (Fsp3) is 0.0377. The Morgan fingerprint density at radius 1 is 0.421 bits per heavy atom. The van der Waals surface area contributed by atoms with Gasteiger partial charge in [0.25, 0.3) is 0 Å². The average Bonchev–Trinajstić information content (AvgIpc) is 3.63. The van der Waals surface area contributed by atoms with Crippen molar-refractivity contribution in [2.75, 3.05) is 0 Å². The fourth-order valence-electron chi connectivity index (χ4n) is 8.74. The first-order chi connectivity index (χ1) is 28.3. The number of fused-ring (bicyclic) bond motifs is 5. The lowest BCUT2D eigenvalue weighted by Crippen LogP contribution is -2.10. The van der Waals surface area contributed by atoms with Gasteiger partial charge in [0.15, 0.2) is 11.6 Å². The largest absolute Gasteiger partial charge is 0.282 e. The molecule has 2 aromatic heterocycles. The first kappa shape index (κ1) is 33.0. The van der Waals surface area contributed by atoms with Crippen molar-refractivity contribution in [2.24, 2.45) is 0 Å². The highest BCUT2D eigenvalue weighted by molar-refractivity contribution is 6.13. The summed E-state index contributed by atoms with van der Waals surface area (Å²) in [4.78, 5) is 16.0. The highest BCUT2D eigenvalue weighted by Gasteiger charge is 2.23. The van der Waals surface area contributed by atoms with Crippen LogP contribution in [-0.4, -0.2) is 19.5 Å². The molecule has 0 saturated carbocycles. The molecule has 0 atom stereocenters. The van der Waals surface area contributed by atoms with Gasteiger partial charge in [-0.1, -0.05) is 176 Å². The van der Waals surface area contributed by atoms with E-state index in [9.17, 15) is 0 Å². The number of para-hydroxylation sites is 1. The molecule has 8 aromatic carbocycles. The van der Waals surface area contributed by atoms with Gasteiger partial charge in [-0.2, -0.15) is 9.97 Å². The first-order valence-electron chi connectivity index (χ1n) is 19.6. The normalized spacial score (nSPS) is 12.4. The molecule has 0 N–H and O–H groups in total. The molecule has 10 aromatic rings. The van der Waals surface area contributed by atoms with Crippen LogP contribution in [0, 0.1) is 0 Å². The van der Waals surface area contributed by atoms with E-state index in [0.717, 1.165) is 51.4 Å². The second-order valence-corrected chi connectivity index (χ2v) is 14.7. The highest BCUT2D eigenvalue weighted by Crippen LogP contribution is 2.42. The van der Waals surface area contributed by atoms with E-state index in [0.29, 0.717) is 17.6 Å². The van der Waals surface area contributed by atoms with Crippen molar-refractivity contribution in [1.29, 1.82) is 0 Å². The van der Waals surface area contributed by atoms with Gasteiger partial charge in [-0.3, -0.25) is 4.57 Å². The molecule has 268 valence electrons. The van der Waals surface area contributed by atoms with Crippen molar-refractivity contribution in [3.05, 3.63) is 199 Å². The van der Waals surface area contributed by atoms with Gasteiger partial charge in [0.2, 0.25) is 5.95 Å². The lowest BCUT2D eigenvalue weighted by atomic mass is 9.88.